The number of hydrogen-bond donors (Lipinski definition) is 3. The molecule has 0 saturated heterocycles. The summed E-state index contributed by atoms with van der Waals surface area (Å²) in [4.78, 5) is 35.0. The lowest BCUT2D eigenvalue weighted by atomic mass is 9.98. The van der Waals surface area contributed by atoms with Gasteiger partial charge in [-0.2, -0.15) is 0 Å². The zero-order chi connectivity index (χ0) is 18.3. The van der Waals surface area contributed by atoms with E-state index in [1.807, 2.05) is 6.92 Å². The lowest BCUT2D eigenvalue weighted by molar-refractivity contribution is -0.143. The Morgan fingerprint density at radius 3 is 2.21 bits per heavy atom. The van der Waals surface area contributed by atoms with Gasteiger partial charge in [-0.25, -0.2) is 4.79 Å². The van der Waals surface area contributed by atoms with E-state index in [0.29, 0.717) is 11.4 Å². The van der Waals surface area contributed by atoms with E-state index in [9.17, 15) is 19.5 Å². The van der Waals surface area contributed by atoms with Gasteiger partial charge >= 0.3 is 5.97 Å². The minimum absolute atomic E-state index is 0.0541. The maximum absolute atomic E-state index is 12.3. The molecular formula is C17H23ClN2O4. The fourth-order valence-electron chi connectivity index (χ4n) is 2.29. The molecule has 2 amide bonds. The van der Waals surface area contributed by atoms with Crippen LogP contribution in [-0.4, -0.2) is 28.9 Å². The van der Waals surface area contributed by atoms with Gasteiger partial charge in [-0.1, -0.05) is 44.0 Å². The lowest BCUT2D eigenvalue weighted by Crippen LogP contribution is -2.46. The highest BCUT2D eigenvalue weighted by molar-refractivity contribution is 6.30. The molecule has 0 fully saturated rings. The van der Waals surface area contributed by atoms with Crippen molar-refractivity contribution in [2.24, 2.45) is 5.92 Å². The summed E-state index contributed by atoms with van der Waals surface area (Å²) in [5.41, 5.74) is 0.722. The van der Waals surface area contributed by atoms with Gasteiger partial charge in [0.25, 0.3) is 0 Å². The van der Waals surface area contributed by atoms with Gasteiger partial charge in [0.2, 0.25) is 11.8 Å². The molecule has 0 aliphatic heterocycles. The number of carboxylic acid groups (broad SMARTS) is 1. The van der Waals surface area contributed by atoms with E-state index in [1.54, 1.807) is 31.2 Å². The van der Waals surface area contributed by atoms with Gasteiger partial charge < -0.3 is 15.7 Å². The second-order valence-corrected chi connectivity index (χ2v) is 6.21. The summed E-state index contributed by atoms with van der Waals surface area (Å²) in [5.74, 6) is -1.97. The van der Waals surface area contributed by atoms with E-state index in [-0.39, 0.29) is 18.2 Å². The molecule has 7 heteroatoms. The minimum atomic E-state index is -1.07. The molecule has 0 radical (unpaired) electrons. The van der Waals surface area contributed by atoms with Crippen LogP contribution < -0.4 is 10.6 Å². The number of aliphatic carboxylic acids is 1. The smallest absolute Gasteiger partial charge is 0.326 e. The van der Waals surface area contributed by atoms with Gasteiger partial charge in [0.05, 0.1) is 12.5 Å². The number of nitrogens with one attached hydrogen (secondary N) is 2. The largest absolute Gasteiger partial charge is 0.480 e. The highest BCUT2D eigenvalue weighted by Gasteiger charge is 2.26. The average molecular weight is 355 g/mol. The van der Waals surface area contributed by atoms with E-state index in [0.717, 1.165) is 5.56 Å². The molecule has 3 atom stereocenters. The molecule has 1 aromatic carbocycles. The molecule has 0 spiro atoms. The third-order valence-electron chi connectivity index (χ3n) is 3.83. The Hall–Kier alpha value is -2.08. The predicted octanol–water partition coefficient (Wildman–Crippen LogP) is 2.52. The Bertz CT molecular complexity index is 589. The van der Waals surface area contributed by atoms with Gasteiger partial charge in [-0.15, -0.1) is 0 Å². The average Bonchev–Trinajstić information content (AvgIpc) is 2.51. The SMILES string of the molecule is CC[C@H](C)[C@H](NC(=O)CC(NC(C)=O)c1ccc(Cl)cc1)C(=O)O. The number of rotatable bonds is 8. The Labute approximate surface area is 146 Å². The first-order valence-corrected chi connectivity index (χ1v) is 8.17. The molecule has 24 heavy (non-hydrogen) atoms. The van der Waals surface area contributed by atoms with Crippen LogP contribution in [0.2, 0.25) is 5.02 Å². The van der Waals surface area contributed by atoms with Crippen LogP contribution in [0.1, 0.15) is 45.2 Å². The van der Waals surface area contributed by atoms with Crippen molar-refractivity contribution in [2.45, 2.75) is 45.7 Å². The number of carboxylic acids is 1. The van der Waals surface area contributed by atoms with Gasteiger partial charge in [-0.05, 0) is 23.6 Å². The Balaban J connectivity index is 2.85. The number of carbonyl (C=O) groups is 3. The first kappa shape index (κ1) is 20.0. The molecule has 1 unspecified atom stereocenters. The van der Waals surface area contributed by atoms with Crippen LogP contribution in [0.15, 0.2) is 24.3 Å². The van der Waals surface area contributed by atoms with Gasteiger partial charge in [0.1, 0.15) is 6.04 Å². The molecule has 132 valence electrons. The number of carbonyl (C=O) groups excluding carboxylic acids is 2. The topological polar surface area (TPSA) is 95.5 Å². The van der Waals surface area contributed by atoms with Crippen molar-refractivity contribution < 1.29 is 19.5 Å². The second kappa shape index (κ2) is 9.27. The molecule has 1 aromatic rings. The summed E-state index contributed by atoms with van der Waals surface area (Å²) in [6.07, 6.45) is 0.574. The van der Waals surface area contributed by atoms with Crippen molar-refractivity contribution in [2.75, 3.05) is 0 Å². The highest BCUT2D eigenvalue weighted by Crippen LogP contribution is 2.20. The first-order chi connectivity index (χ1) is 11.2. The Morgan fingerprint density at radius 1 is 1.17 bits per heavy atom. The first-order valence-electron chi connectivity index (χ1n) is 7.79. The molecule has 0 bridgehead atoms. The minimum Gasteiger partial charge on any atom is -0.480 e. The highest BCUT2D eigenvalue weighted by atomic mass is 35.5. The summed E-state index contributed by atoms with van der Waals surface area (Å²) < 4.78 is 0. The van der Waals surface area contributed by atoms with Crippen LogP contribution in [-0.2, 0) is 14.4 Å². The quantitative estimate of drug-likeness (QED) is 0.668. The van der Waals surface area contributed by atoms with E-state index in [1.165, 1.54) is 6.92 Å². The summed E-state index contributed by atoms with van der Waals surface area (Å²) in [6, 6.07) is 5.28. The zero-order valence-electron chi connectivity index (χ0n) is 14.0. The van der Waals surface area contributed by atoms with Crippen LogP contribution in [0.5, 0.6) is 0 Å². The van der Waals surface area contributed by atoms with Crippen molar-refractivity contribution in [3.05, 3.63) is 34.9 Å². The number of halogens is 1. The molecule has 0 heterocycles. The molecule has 1 rings (SSSR count). The van der Waals surface area contributed by atoms with E-state index < -0.39 is 24.0 Å². The van der Waals surface area contributed by atoms with Crippen LogP contribution in [0.25, 0.3) is 0 Å². The van der Waals surface area contributed by atoms with E-state index >= 15 is 0 Å². The second-order valence-electron chi connectivity index (χ2n) is 5.78. The summed E-state index contributed by atoms with van der Waals surface area (Å²) >= 11 is 5.85. The summed E-state index contributed by atoms with van der Waals surface area (Å²) in [5, 5.41) is 15.0. The number of hydrogen-bond acceptors (Lipinski definition) is 3. The van der Waals surface area contributed by atoms with Crippen LogP contribution in [0.3, 0.4) is 0 Å². The van der Waals surface area contributed by atoms with E-state index in [2.05, 4.69) is 10.6 Å². The Morgan fingerprint density at radius 2 is 1.75 bits per heavy atom. The summed E-state index contributed by atoms with van der Waals surface area (Å²) in [7, 11) is 0. The molecule has 0 aliphatic rings. The molecule has 0 saturated carbocycles. The molecule has 0 aliphatic carbocycles. The van der Waals surface area contributed by atoms with Crippen molar-refractivity contribution in [3.63, 3.8) is 0 Å². The monoisotopic (exact) mass is 354 g/mol. The fraction of sp³-hybridized carbons (Fsp3) is 0.471. The van der Waals surface area contributed by atoms with Gasteiger partial charge in [-0.3, -0.25) is 9.59 Å². The number of amides is 2. The molecule has 3 N–H and O–H groups in total. The van der Waals surface area contributed by atoms with Gasteiger partial charge in [0.15, 0.2) is 0 Å². The number of benzene rings is 1. The zero-order valence-corrected chi connectivity index (χ0v) is 14.8. The maximum atomic E-state index is 12.3. The molecule has 6 nitrogen and oxygen atoms in total. The normalized spacial score (nSPS) is 14.3. The van der Waals surface area contributed by atoms with Crippen molar-refractivity contribution in [1.29, 1.82) is 0 Å². The lowest BCUT2D eigenvalue weighted by Gasteiger charge is -2.23. The van der Waals surface area contributed by atoms with Crippen LogP contribution >= 0.6 is 11.6 Å². The predicted molar refractivity (Wildman–Crippen MR) is 91.6 cm³/mol. The van der Waals surface area contributed by atoms with Gasteiger partial charge in [0, 0.05) is 11.9 Å². The van der Waals surface area contributed by atoms with Crippen molar-refractivity contribution >= 4 is 29.4 Å². The summed E-state index contributed by atoms with van der Waals surface area (Å²) in [6.45, 7) is 4.99. The molecular weight excluding hydrogens is 332 g/mol. The Kier molecular flexibility index (Phi) is 7.71. The fourth-order valence-corrected chi connectivity index (χ4v) is 2.42. The third-order valence-corrected chi connectivity index (χ3v) is 4.09. The maximum Gasteiger partial charge on any atom is 0.326 e. The molecule has 0 aromatic heterocycles. The van der Waals surface area contributed by atoms with Crippen molar-refractivity contribution in [1.82, 2.24) is 10.6 Å². The standard InChI is InChI=1S/C17H23ClN2O4/c1-4-10(2)16(17(23)24)20-15(22)9-14(19-11(3)21)12-5-7-13(18)8-6-12/h5-8,10,14,16H,4,9H2,1-3H3,(H,19,21)(H,20,22)(H,23,24)/t10-,14?,16-/m0/s1. The van der Waals surface area contributed by atoms with Crippen LogP contribution in [0, 0.1) is 5.92 Å². The third kappa shape index (κ3) is 6.20. The van der Waals surface area contributed by atoms with Crippen LogP contribution in [0.4, 0.5) is 0 Å². The van der Waals surface area contributed by atoms with Crippen molar-refractivity contribution in [3.8, 4) is 0 Å². The van der Waals surface area contributed by atoms with E-state index in [4.69, 9.17) is 11.6 Å².